The molecule has 2 rings (SSSR count). The molecule has 0 radical (unpaired) electrons. The first-order valence-corrected chi connectivity index (χ1v) is 10.1. The topological polar surface area (TPSA) is 64.1 Å². The number of rotatable bonds is 7. The lowest BCUT2D eigenvalue weighted by Crippen LogP contribution is -2.20. The number of carbonyl (C=O) groups is 1. The molecular formula is C16H20BrN3O2S2. The number of anilines is 1. The minimum absolute atomic E-state index is 0.0609. The van der Waals surface area contributed by atoms with Crippen LogP contribution in [0.4, 0.5) is 5.13 Å². The maximum absolute atomic E-state index is 12.0. The van der Waals surface area contributed by atoms with Gasteiger partial charge in [-0.25, -0.2) is 0 Å². The molecule has 0 unspecified atom stereocenters. The number of halogens is 1. The van der Waals surface area contributed by atoms with E-state index in [0.29, 0.717) is 16.8 Å². The van der Waals surface area contributed by atoms with Gasteiger partial charge in [-0.15, -0.1) is 10.2 Å². The van der Waals surface area contributed by atoms with Gasteiger partial charge in [0.05, 0.1) is 0 Å². The molecule has 1 heterocycles. The summed E-state index contributed by atoms with van der Waals surface area (Å²) in [5.74, 6) is 2.00. The van der Waals surface area contributed by atoms with Crippen molar-refractivity contribution in [3.63, 3.8) is 0 Å². The van der Waals surface area contributed by atoms with Gasteiger partial charge >= 0.3 is 0 Å². The summed E-state index contributed by atoms with van der Waals surface area (Å²) in [6.45, 7) is 8.22. The van der Waals surface area contributed by atoms with Gasteiger partial charge in [0.1, 0.15) is 5.75 Å². The largest absolute Gasteiger partial charge is 0.484 e. The Labute approximate surface area is 158 Å². The first-order valence-electron chi connectivity index (χ1n) is 7.51. The fraction of sp³-hybridized carbons (Fsp3) is 0.438. The van der Waals surface area contributed by atoms with E-state index in [9.17, 15) is 4.79 Å². The number of nitrogens with one attached hydrogen (secondary N) is 1. The van der Waals surface area contributed by atoms with Crippen LogP contribution < -0.4 is 10.1 Å². The SMILES string of the molecule is Cc1cc(OCC(=O)Nc2nnc(SCC(C)C)s2)cc(C)c1Br. The van der Waals surface area contributed by atoms with Crippen molar-refractivity contribution in [1.29, 1.82) is 0 Å². The molecular weight excluding hydrogens is 410 g/mol. The average Bonchev–Trinajstić information content (AvgIpc) is 2.96. The number of amides is 1. The lowest BCUT2D eigenvalue weighted by atomic mass is 10.1. The first kappa shape index (κ1) is 19.2. The molecule has 1 aromatic carbocycles. The van der Waals surface area contributed by atoms with Gasteiger partial charge in [-0.05, 0) is 43.0 Å². The standard InChI is InChI=1S/C16H20BrN3O2S2/c1-9(2)8-23-16-20-19-15(24-16)18-13(21)7-22-12-5-10(3)14(17)11(4)6-12/h5-6,9H,7-8H2,1-4H3,(H,18,19,21). The summed E-state index contributed by atoms with van der Waals surface area (Å²) in [6.07, 6.45) is 0. The number of carbonyl (C=O) groups excluding carboxylic acids is 1. The van der Waals surface area contributed by atoms with E-state index in [4.69, 9.17) is 4.74 Å². The van der Waals surface area contributed by atoms with E-state index >= 15 is 0 Å². The molecule has 0 fully saturated rings. The third kappa shape index (κ3) is 5.75. The van der Waals surface area contributed by atoms with Crippen LogP contribution in [0.1, 0.15) is 25.0 Å². The second kappa shape index (κ2) is 8.82. The number of hydrogen-bond donors (Lipinski definition) is 1. The highest BCUT2D eigenvalue weighted by Gasteiger charge is 2.11. The number of ether oxygens (including phenoxy) is 1. The van der Waals surface area contributed by atoms with Gasteiger partial charge < -0.3 is 4.74 Å². The molecule has 1 N–H and O–H groups in total. The fourth-order valence-electron chi connectivity index (χ4n) is 1.85. The van der Waals surface area contributed by atoms with Gasteiger partial charge in [-0.2, -0.15) is 0 Å². The summed E-state index contributed by atoms with van der Waals surface area (Å²) in [5.41, 5.74) is 2.14. The van der Waals surface area contributed by atoms with Gasteiger partial charge in [0, 0.05) is 10.2 Å². The minimum atomic E-state index is -0.246. The number of thioether (sulfide) groups is 1. The van der Waals surface area contributed by atoms with Crippen molar-refractivity contribution in [2.75, 3.05) is 17.7 Å². The van der Waals surface area contributed by atoms with Crippen LogP contribution in [0.5, 0.6) is 5.75 Å². The van der Waals surface area contributed by atoms with Crippen molar-refractivity contribution in [2.45, 2.75) is 32.0 Å². The van der Waals surface area contributed by atoms with E-state index in [1.54, 1.807) is 11.8 Å². The summed E-state index contributed by atoms with van der Waals surface area (Å²) in [5, 5.41) is 11.3. The van der Waals surface area contributed by atoms with Crippen LogP contribution in [0.3, 0.4) is 0 Å². The smallest absolute Gasteiger partial charge is 0.264 e. The van der Waals surface area contributed by atoms with Crippen molar-refractivity contribution in [1.82, 2.24) is 10.2 Å². The van der Waals surface area contributed by atoms with Crippen LogP contribution in [0, 0.1) is 19.8 Å². The Balaban J connectivity index is 1.85. The van der Waals surface area contributed by atoms with Crippen LogP contribution >= 0.6 is 39.0 Å². The Morgan fingerprint density at radius 2 is 2.00 bits per heavy atom. The summed E-state index contributed by atoms with van der Waals surface area (Å²) in [6, 6.07) is 3.80. The monoisotopic (exact) mass is 429 g/mol. The molecule has 8 heteroatoms. The van der Waals surface area contributed by atoms with E-state index < -0.39 is 0 Å². The van der Waals surface area contributed by atoms with Crippen molar-refractivity contribution in [3.8, 4) is 5.75 Å². The van der Waals surface area contributed by atoms with E-state index in [2.05, 4.69) is 45.3 Å². The molecule has 0 spiro atoms. The number of aryl methyl sites for hydroxylation is 2. The van der Waals surface area contributed by atoms with Crippen LogP contribution in [-0.2, 0) is 4.79 Å². The highest BCUT2D eigenvalue weighted by atomic mass is 79.9. The summed E-state index contributed by atoms with van der Waals surface area (Å²) in [7, 11) is 0. The molecule has 0 aliphatic rings. The minimum Gasteiger partial charge on any atom is -0.484 e. The molecule has 0 aliphatic heterocycles. The van der Waals surface area contributed by atoms with Crippen molar-refractivity contribution in [2.24, 2.45) is 5.92 Å². The Hall–Kier alpha value is -1.12. The number of nitrogens with zero attached hydrogens (tertiary/aromatic N) is 2. The molecule has 130 valence electrons. The van der Waals surface area contributed by atoms with E-state index in [1.807, 2.05) is 26.0 Å². The summed E-state index contributed by atoms with van der Waals surface area (Å²) in [4.78, 5) is 12.0. The summed E-state index contributed by atoms with van der Waals surface area (Å²) < 4.78 is 7.48. The van der Waals surface area contributed by atoms with Gasteiger partial charge in [0.25, 0.3) is 5.91 Å². The predicted molar refractivity (Wildman–Crippen MR) is 103 cm³/mol. The van der Waals surface area contributed by atoms with Crippen LogP contribution in [0.25, 0.3) is 0 Å². The van der Waals surface area contributed by atoms with E-state index in [-0.39, 0.29) is 12.5 Å². The van der Waals surface area contributed by atoms with E-state index in [0.717, 1.165) is 25.7 Å². The zero-order valence-corrected chi connectivity index (χ0v) is 17.3. The Kier molecular flexibility index (Phi) is 7.06. The second-order valence-electron chi connectivity index (χ2n) is 5.79. The van der Waals surface area contributed by atoms with Gasteiger partial charge in [0.2, 0.25) is 5.13 Å². The highest BCUT2D eigenvalue weighted by molar-refractivity contribution is 9.10. The van der Waals surface area contributed by atoms with Crippen molar-refractivity contribution < 1.29 is 9.53 Å². The van der Waals surface area contributed by atoms with Gasteiger partial charge in [-0.3, -0.25) is 10.1 Å². The molecule has 1 amide bonds. The lowest BCUT2D eigenvalue weighted by Gasteiger charge is -2.09. The van der Waals surface area contributed by atoms with Crippen molar-refractivity contribution in [3.05, 3.63) is 27.7 Å². The quantitative estimate of drug-likeness (QED) is 0.510. The van der Waals surface area contributed by atoms with Gasteiger partial charge in [0.15, 0.2) is 10.9 Å². The Bertz CT molecular complexity index is 696. The molecule has 1 aromatic heterocycles. The maximum Gasteiger partial charge on any atom is 0.264 e. The maximum atomic E-state index is 12.0. The molecule has 0 saturated heterocycles. The van der Waals surface area contributed by atoms with Crippen LogP contribution in [-0.4, -0.2) is 28.5 Å². The molecule has 5 nitrogen and oxygen atoms in total. The molecule has 24 heavy (non-hydrogen) atoms. The molecule has 0 bridgehead atoms. The number of hydrogen-bond acceptors (Lipinski definition) is 6. The molecule has 2 aromatic rings. The van der Waals surface area contributed by atoms with Gasteiger partial charge in [-0.1, -0.05) is 52.9 Å². The third-order valence-electron chi connectivity index (χ3n) is 2.97. The highest BCUT2D eigenvalue weighted by Crippen LogP contribution is 2.28. The average molecular weight is 430 g/mol. The summed E-state index contributed by atoms with van der Waals surface area (Å²) >= 11 is 6.54. The van der Waals surface area contributed by atoms with Crippen molar-refractivity contribution >= 4 is 50.1 Å². The van der Waals surface area contributed by atoms with Crippen LogP contribution in [0.15, 0.2) is 20.9 Å². The van der Waals surface area contributed by atoms with E-state index in [1.165, 1.54) is 11.3 Å². The Morgan fingerprint density at radius 3 is 2.62 bits per heavy atom. The first-order chi connectivity index (χ1) is 11.3. The molecule has 0 saturated carbocycles. The number of benzene rings is 1. The molecule has 0 aliphatic carbocycles. The Morgan fingerprint density at radius 1 is 1.33 bits per heavy atom. The lowest BCUT2D eigenvalue weighted by molar-refractivity contribution is -0.118. The number of aromatic nitrogens is 2. The fourth-order valence-corrected chi connectivity index (χ4v) is 3.82. The third-order valence-corrected chi connectivity index (χ3v) is 6.62. The zero-order chi connectivity index (χ0) is 17.7. The zero-order valence-electron chi connectivity index (χ0n) is 14.1. The molecule has 0 atom stereocenters. The predicted octanol–water partition coefficient (Wildman–Crippen LogP) is 4.68. The van der Waals surface area contributed by atoms with Crippen LogP contribution in [0.2, 0.25) is 0 Å². The normalized spacial score (nSPS) is 10.9. The second-order valence-corrected chi connectivity index (χ2v) is 8.82.